The van der Waals surface area contributed by atoms with Crippen molar-refractivity contribution in [2.75, 3.05) is 0 Å². The van der Waals surface area contributed by atoms with Gasteiger partial charge >= 0.3 is 5.69 Å². The molecule has 2 heterocycles. The molecular formula is C9H12N4O2. The van der Waals surface area contributed by atoms with E-state index in [9.17, 15) is 4.79 Å². The van der Waals surface area contributed by atoms with E-state index in [1.165, 1.54) is 15.6 Å². The third kappa shape index (κ3) is 1.70. The zero-order valence-corrected chi connectivity index (χ0v) is 8.89. The first kappa shape index (κ1) is 9.70. The van der Waals surface area contributed by atoms with Gasteiger partial charge in [0.1, 0.15) is 18.6 Å². The zero-order valence-electron chi connectivity index (χ0n) is 8.89. The Balaban J connectivity index is 2.29. The Hall–Kier alpha value is -1.85. The third-order valence-electron chi connectivity index (χ3n) is 2.27. The summed E-state index contributed by atoms with van der Waals surface area (Å²) in [4.78, 5) is 15.7. The minimum Gasteiger partial charge on any atom is -0.444 e. The standard InChI is InChI=1S/C9H12N4O2/c1-6-7(2)15-8(11-6)4-13-5-10-12(3)9(13)14/h5H,4H2,1-3H3. The summed E-state index contributed by atoms with van der Waals surface area (Å²) in [6, 6.07) is 0. The summed E-state index contributed by atoms with van der Waals surface area (Å²) < 4.78 is 8.09. The van der Waals surface area contributed by atoms with Crippen LogP contribution in [0.1, 0.15) is 17.3 Å². The van der Waals surface area contributed by atoms with E-state index in [0.717, 1.165) is 11.5 Å². The van der Waals surface area contributed by atoms with Gasteiger partial charge < -0.3 is 4.42 Å². The van der Waals surface area contributed by atoms with Crippen LogP contribution in [0.4, 0.5) is 0 Å². The molecule has 0 aliphatic heterocycles. The molecule has 80 valence electrons. The number of aryl methyl sites for hydroxylation is 3. The molecule has 0 spiro atoms. The van der Waals surface area contributed by atoms with Gasteiger partial charge in [-0.3, -0.25) is 4.57 Å². The molecule has 0 aliphatic rings. The lowest BCUT2D eigenvalue weighted by Crippen LogP contribution is -2.22. The van der Waals surface area contributed by atoms with Crippen molar-refractivity contribution in [2.45, 2.75) is 20.4 Å². The van der Waals surface area contributed by atoms with Gasteiger partial charge in [-0.15, -0.1) is 0 Å². The molecule has 2 aromatic heterocycles. The fraction of sp³-hybridized carbons (Fsp3) is 0.444. The number of hydrogen-bond donors (Lipinski definition) is 0. The van der Waals surface area contributed by atoms with Crippen LogP contribution in [0.25, 0.3) is 0 Å². The van der Waals surface area contributed by atoms with E-state index >= 15 is 0 Å². The lowest BCUT2D eigenvalue weighted by molar-refractivity contribution is 0.453. The summed E-state index contributed by atoms with van der Waals surface area (Å²) in [6.45, 7) is 4.04. The van der Waals surface area contributed by atoms with Crippen LogP contribution in [0.2, 0.25) is 0 Å². The molecule has 0 radical (unpaired) electrons. The molecule has 6 heteroatoms. The van der Waals surface area contributed by atoms with Crippen LogP contribution in [0, 0.1) is 13.8 Å². The highest BCUT2D eigenvalue weighted by atomic mass is 16.4. The number of aromatic nitrogens is 4. The Morgan fingerprint density at radius 1 is 1.47 bits per heavy atom. The predicted octanol–water partition coefficient (Wildman–Crippen LogP) is 0.235. The summed E-state index contributed by atoms with van der Waals surface area (Å²) in [5.74, 6) is 1.31. The Bertz CT molecular complexity index is 515. The molecule has 6 nitrogen and oxygen atoms in total. The van der Waals surface area contributed by atoms with E-state index < -0.39 is 0 Å². The van der Waals surface area contributed by atoms with Crippen LogP contribution in [0.5, 0.6) is 0 Å². The van der Waals surface area contributed by atoms with Gasteiger partial charge in [0.15, 0.2) is 0 Å². The first-order chi connectivity index (χ1) is 7.08. The quantitative estimate of drug-likeness (QED) is 0.708. The van der Waals surface area contributed by atoms with Crippen molar-refractivity contribution in [3.05, 3.63) is 34.2 Å². The molecule has 0 amide bonds. The average Bonchev–Trinajstić information content (AvgIpc) is 2.65. The van der Waals surface area contributed by atoms with Gasteiger partial charge in [-0.2, -0.15) is 5.10 Å². The van der Waals surface area contributed by atoms with E-state index in [-0.39, 0.29) is 5.69 Å². The Kier molecular flexibility index (Phi) is 2.18. The first-order valence-electron chi connectivity index (χ1n) is 4.59. The topological polar surface area (TPSA) is 65.8 Å². The molecule has 0 atom stereocenters. The van der Waals surface area contributed by atoms with Crippen LogP contribution in [-0.2, 0) is 13.6 Å². The highest BCUT2D eigenvalue weighted by Gasteiger charge is 2.08. The van der Waals surface area contributed by atoms with Crippen molar-refractivity contribution < 1.29 is 4.42 Å². The second kappa shape index (κ2) is 3.38. The van der Waals surface area contributed by atoms with Gasteiger partial charge in [0, 0.05) is 7.05 Å². The summed E-state index contributed by atoms with van der Waals surface area (Å²) in [6.07, 6.45) is 1.47. The second-order valence-corrected chi connectivity index (χ2v) is 3.41. The fourth-order valence-corrected chi connectivity index (χ4v) is 1.29. The average molecular weight is 208 g/mol. The molecule has 0 N–H and O–H groups in total. The van der Waals surface area contributed by atoms with Gasteiger partial charge in [0.25, 0.3) is 0 Å². The molecule has 15 heavy (non-hydrogen) atoms. The Labute approximate surface area is 86.2 Å². The summed E-state index contributed by atoms with van der Waals surface area (Å²) >= 11 is 0. The summed E-state index contributed by atoms with van der Waals surface area (Å²) in [7, 11) is 1.60. The van der Waals surface area contributed by atoms with Crippen molar-refractivity contribution in [1.82, 2.24) is 19.3 Å². The lowest BCUT2D eigenvalue weighted by atomic mass is 10.4. The Morgan fingerprint density at radius 2 is 2.20 bits per heavy atom. The second-order valence-electron chi connectivity index (χ2n) is 3.41. The van der Waals surface area contributed by atoms with Crippen molar-refractivity contribution in [2.24, 2.45) is 7.05 Å². The van der Waals surface area contributed by atoms with Crippen LogP contribution >= 0.6 is 0 Å². The zero-order chi connectivity index (χ0) is 11.0. The SMILES string of the molecule is Cc1nc(Cn2cnn(C)c2=O)oc1C. The maximum Gasteiger partial charge on any atom is 0.345 e. The van der Waals surface area contributed by atoms with Crippen LogP contribution in [0.3, 0.4) is 0 Å². The van der Waals surface area contributed by atoms with Crippen LogP contribution in [-0.4, -0.2) is 19.3 Å². The number of oxazole rings is 1. The lowest BCUT2D eigenvalue weighted by Gasteiger charge is -1.93. The molecule has 2 aromatic rings. The molecule has 0 bridgehead atoms. The number of nitrogens with zero attached hydrogens (tertiary/aromatic N) is 4. The van der Waals surface area contributed by atoms with Gasteiger partial charge in [-0.05, 0) is 13.8 Å². The molecule has 2 rings (SSSR count). The molecule has 0 saturated heterocycles. The van der Waals surface area contributed by atoms with E-state index in [1.54, 1.807) is 7.05 Å². The van der Waals surface area contributed by atoms with Crippen LogP contribution < -0.4 is 5.69 Å². The maximum absolute atomic E-state index is 11.5. The van der Waals surface area contributed by atoms with Gasteiger partial charge in [0.05, 0.1) is 5.69 Å². The van der Waals surface area contributed by atoms with Crippen LogP contribution in [0.15, 0.2) is 15.5 Å². The van der Waals surface area contributed by atoms with Gasteiger partial charge in [-0.25, -0.2) is 14.5 Å². The molecule has 0 saturated carbocycles. The van der Waals surface area contributed by atoms with Gasteiger partial charge in [-0.1, -0.05) is 0 Å². The summed E-state index contributed by atoms with van der Waals surface area (Å²) in [5.41, 5.74) is 0.672. The fourth-order valence-electron chi connectivity index (χ4n) is 1.29. The molecule has 0 fully saturated rings. The molecule has 0 aromatic carbocycles. The normalized spacial score (nSPS) is 10.9. The highest BCUT2D eigenvalue weighted by molar-refractivity contribution is 5.05. The monoisotopic (exact) mass is 208 g/mol. The largest absolute Gasteiger partial charge is 0.444 e. The maximum atomic E-state index is 11.5. The number of rotatable bonds is 2. The predicted molar refractivity (Wildman–Crippen MR) is 52.5 cm³/mol. The van der Waals surface area contributed by atoms with Crippen molar-refractivity contribution in [3.63, 3.8) is 0 Å². The first-order valence-corrected chi connectivity index (χ1v) is 4.59. The van der Waals surface area contributed by atoms with Crippen molar-refractivity contribution in [1.29, 1.82) is 0 Å². The molecular weight excluding hydrogens is 196 g/mol. The highest BCUT2D eigenvalue weighted by Crippen LogP contribution is 2.08. The smallest absolute Gasteiger partial charge is 0.345 e. The number of hydrogen-bond acceptors (Lipinski definition) is 4. The van der Waals surface area contributed by atoms with E-state index in [2.05, 4.69) is 10.1 Å². The van der Waals surface area contributed by atoms with E-state index in [1.807, 2.05) is 13.8 Å². The minimum atomic E-state index is -0.177. The summed E-state index contributed by atoms with van der Waals surface area (Å²) in [5, 5.41) is 3.84. The van der Waals surface area contributed by atoms with E-state index in [0.29, 0.717) is 12.4 Å². The van der Waals surface area contributed by atoms with Crippen molar-refractivity contribution >= 4 is 0 Å². The van der Waals surface area contributed by atoms with E-state index in [4.69, 9.17) is 4.42 Å². The minimum absolute atomic E-state index is 0.177. The van der Waals surface area contributed by atoms with Gasteiger partial charge in [0.2, 0.25) is 5.89 Å². The third-order valence-corrected chi connectivity index (χ3v) is 2.27. The Morgan fingerprint density at radius 3 is 2.67 bits per heavy atom. The molecule has 0 unspecified atom stereocenters. The molecule has 0 aliphatic carbocycles. The van der Waals surface area contributed by atoms with Crippen molar-refractivity contribution in [3.8, 4) is 0 Å².